The van der Waals surface area contributed by atoms with Gasteiger partial charge in [-0.05, 0) is 47.2 Å². The zero-order valence-electron chi connectivity index (χ0n) is 15.3. The van der Waals surface area contributed by atoms with Crippen LogP contribution in [0.2, 0.25) is 0 Å². The maximum Gasteiger partial charge on any atom is 0.321 e. The molecule has 1 aliphatic rings. The number of anilines is 1. The summed E-state index contributed by atoms with van der Waals surface area (Å²) in [7, 11) is 0. The van der Waals surface area contributed by atoms with Crippen LogP contribution < -0.4 is 5.32 Å². The van der Waals surface area contributed by atoms with Crippen LogP contribution in [0.4, 0.5) is 10.5 Å². The van der Waals surface area contributed by atoms with Crippen molar-refractivity contribution in [3.63, 3.8) is 0 Å². The monoisotopic (exact) mass is 381 g/mol. The highest BCUT2D eigenvalue weighted by molar-refractivity contribution is 5.92. The molecule has 1 fully saturated rings. The minimum atomic E-state index is -0.211. The molecule has 0 atom stereocenters. The number of aryl methyl sites for hydroxylation is 1. The molecule has 3 heterocycles. The molecule has 1 saturated heterocycles. The molecule has 0 saturated carbocycles. The molecule has 1 N–H and O–H groups in total. The van der Waals surface area contributed by atoms with Crippen molar-refractivity contribution in [2.24, 2.45) is 0 Å². The Morgan fingerprint density at radius 2 is 1.89 bits per heavy atom. The summed E-state index contributed by atoms with van der Waals surface area (Å²) in [6, 6.07) is 8.66. The van der Waals surface area contributed by atoms with Crippen LogP contribution in [0, 0.1) is 6.92 Å². The Balaban J connectivity index is 1.37. The fourth-order valence-electron chi connectivity index (χ4n) is 3.08. The van der Waals surface area contributed by atoms with Gasteiger partial charge in [-0.25, -0.2) is 9.48 Å². The van der Waals surface area contributed by atoms with E-state index in [1.807, 2.05) is 25.1 Å². The van der Waals surface area contributed by atoms with Crippen LogP contribution in [0.15, 0.2) is 47.3 Å². The molecule has 1 aromatic carbocycles. The number of furan rings is 1. The van der Waals surface area contributed by atoms with Gasteiger partial charge in [0.2, 0.25) is 0 Å². The van der Waals surface area contributed by atoms with Crippen molar-refractivity contribution in [3.05, 3.63) is 54.2 Å². The number of piperazine rings is 1. The van der Waals surface area contributed by atoms with Crippen LogP contribution in [0.3, 0.4) is 0 Å². The fraction of sp³-hybridized carbons (Fsp3) is 0.278. The highest BCUT2D eigenvalue weighted by atomic mass is 16.3. The number of carbonyl (C=O) groups is 2. The smallest absolute Gasteiger partial charge is 0.321 e. The van der Waals surface area contributed by atoms with Gasteiger partial charge in [0.25, 0.3) is 5.91 Å². The van der Waals surface area contributed by atoms with E-state index in [1.165, 1.54) is 12.6 Å². The Morgan fingerprint density at radius 1 is 1.11 bits per heavy atom. The van der Waals surface area contributed by atoms with Crippen molar-refractivity contribution >= 4 is 17.6 Å². The molecule has 1 aliphatic heterocycles. The average molecular weight is 381 g/mol. The molecule has 3 amide bonds. The molecule has 144 valence electrons. The van der Waals surface area contributed by atoms with E-state index < -0.39 is 0 Å². The van der Waals surface area contributed by atoms with Gasteiger partial charge in [0, 0.05) is 31.9 Å². The quantitative estimate of drug-likeness (QED) is 0.737. The molecule has 3 aromatic rings. The number of tetrazole rings is 1. The predicted molar refractivity (Wildman–Crippen MR) is 99.1 cm³/mol. The number of hydrogen-bond acceptors (Lipinski definition) is 6. The van der Waals surface area contributed by atoms with Gasteiger partial charge in [-0.3, -0.25) is 4.79 Å². The summed E-state index contributed by atoms with van der Waals surface area (Å²) in [4.78, 5) is 28.3. The van der Waals surface area contributed by atoms with Crippen molar-refractivity contribution in [2.45, 2.75) is 6.92 Å². The number of nitrogens with one attached hydrogen (secondary N) is 1. The minimum Gasteiger partial charge on any atom is -0.459 e. The average Bonchev–Trinajstić information content (AvgIpc) is 3.43. The van der Waals surface area contributed by atoms with Crippen molar-refractivity contribution in [1.29, 1.82) is 0 Å². The summed E-state index contributed by atoms with van der Waals surface area (Å²) in [5.41, 5.74) is 2.42. The summed E-state index contributed by atoms with van der Waals surface area (Å²) >= 11 is 0. The van der Waals surface area contributed by atoms with Gasteiger partial charge >= 0.3 is 6.03 Å². The van der Waals surface area contributed by atoms with E-state index in [0.29, 0.717) is 37.6 Å². The van der Waals surface area contributed by atoms with Gasteiger partial charge in [0.05, 0.1) is 12.0 Å². The first-order valence-corrected chi connectivity index (χ1v) is 8.84. The van der Waals surface area contributed by atoms with Crippen LogP contribution in [0.5, 0.6) is 0 Å². The second-order valence-electron chi connectivity index (χ2n) is 6.44. The number of rotatable bonds is 3. The Kier molecular flexibility index (Phi) is 4.75. The third-order valence-corrected chi connectivity index (χ3v) is 4.64. The van der Waals surface area contributed by atoms with Crippen LogP contribution in [-0.4, -0.2) is 68.1 Å². The van der Waals surface area contributed by atoms with Gasteiger partial charge in [-0.1, -0.05) is 6.07 Å². The second kappa shape index (κ2) is 7.51. The summed E-state index contributed by atoms with van der Waals surface area (Å²) in [5, 5.41) is 14.1. The maximum absolute atomic E-state index is 12.6. The largest absolute Gasteiger partial charge is 0.459 e. The molecular weight excluding hydrogens is 362 g/mol. The lowest BCUT2D eigenvalue weighted by molar-refractivity contribution is 0.0640. The van der Waals surface area contributed by atoms with Crippen LogP contribution in [-0.2, 0) is 0 Å². The predicted octanol–water partition coefficient (Wildman–Crippen LogP) is 1.55. The summed E-state index contributed by atoms with van der Waals surface area (Å²) in [6.45, 7) is 3.75. The molecule has 0 radical (unpaired) electrons. The molecule has 0 bridgehead atoms. The molecule has 4 rings (SSSR count). The third kappa shape index (κ3) is 3.56. The van der Waals surface area contributed by atoms with E-state index in [-0.39, 0.29) is 11.9 Å². The highest BCUT2D eigenvalue weighted by Crippen LogP contribution is 2.19. The Bertz CT molecular complexity index is 961. The number of aromatic nitrogens is 4. The summed E-state index contributed by atoms with van der Waals surface area (Å²) < 4.78 is 6.70. The number of carbonyl (C=O) groups excluding carboxylic acids is 2. The fourth-order valence-corrected chi connectivity index (χ4v) is 3.08. The van der Waals surface area contributed by atoms with E-state index in [2.05, 4.69) is 20.8 Å². The van der Waals surface area contributed by atoms with Gasteiger partial charge in [-0.2, -0.15) is 0 Å². The van der Waals surface area contributed by atoms with Crippen LogP contribution >= 0.6 is 0 Å². The first-order valence-electron chi connectivity index (χ1n) is 8.84. The van der Waals surface area contributed by atoms with Crippen molar-refractivity contribution in [2.75, 3.05) is 31.5 Å². The number of benzene rings is 1. The van der Waals surface area contributed by atoms with Crippen molar-refractivity contribution < 1.29 is 14.0 Å². The molecular formula is C18H19N7O3. The normalized spacial score (nSPS) is 14.2. The Morgan fingerprint density at radius 3 is 2.57 bits per heavy atom. The molecule has 28 heavy (non-hydrogen) atoms. The Labute approximate surface area is 160 Å². The van der Waals surface area contributed by atoms with Crippen molar-refractivity contribution in [3.8, 4) is 5.69 Å². The SMILES string of the molecule is Cc1ccc(NC(=O)N2CCN(C(=O)c3ccco3)CC2)cc1-n1cnnn1. The summed E-state index contributed by atoms with van der Waals surface area (Å²) in [6.07, 6.45) is 2.98. The molecule has 0 spiro atoms. The zero-order valence-corrected chi connectivity index (χ0v) is 15.3. The van der Waals surface area contributed by atoms with Crippen molar-refractivity contribution in [1.82, 2.24) is 30.0 Å². The minimum absolute atomic E-state index is 0.158. The topological polar surface area (TPSA) is 109 Å². The zero-order chi connectivity index (χ0) is 19.5. The van der Waals surface area contributed by atoms with E-state index in [1.54, 1.807) is 26.6 Å². The molecule has 0 unspecified atom stereocenters. The van der Waals surface area contributed by atoms with Crippen LogP contribution in [0.25, 0.3) is 5.69 Å². The number of amides is 3. The molecule has 2 aromatic heterocycles. The van der Waals surface area contributed by atoms with E-state index in [0.717, 1.165) is 11.3 Å². The van der Waals surface area contributed by atoms with Gasteiger partial charge in [-0.15, -0.1) is 5.10 Å². The molecule has 0 aliphatic carbocycles. The van der Waals surface area contributed by atoms with Gasteiger partial charge in [0.1, 0.15) is 6.33 Å². The Hall–Kier alpha value is -3.69. The van der Waals surface area contributed by atoms with E-state index in [9.17, 15) is 9.59 Å². The lowest BCUT2D eigenvalue weighted by atomic mass is 10.2. The third-order valence-electron chi connectivity index (χ3n) is 4.64. The number of hydrogen-bond donors (Lipinski definition) is 1. The maximum atomic E-state index is 12.6. The first kappa shape index (κ1) is 17.7. The van der Waals surface area contributed by atoms with Gasteiger partial charge < -0.3 is 19.5 Å². The second-order valence-corrected chi connectivity index (χ2v) is 6.44. The standard InChI is InChI=1S/C18H19N7O3/c1-13-4-5-14(11-15(13)25-12-19-21-22-25)20-18(27)24-8-6-23(7-9-24)17(26)16-3-2-10-28-16/h2-5,10-12H,6-9H2,1H3,(H,20,27). The van der Waals surface area contributed by atoms with Gasteiger partial charge in [0.15, 0.2) is 5.76 Å². The lowest BCUT2D eigenvalue weighted by Crippen LogP contribution is -2.51. The molecule has 10 nitrogen and oxygen atoms in total. The van der Waals surface area contributed by atoms with E-state index in [4.69, 9.17) is 4.42 Å². The first-order chi connectivity index (χ1) is 13.6. The molecule has 10 heteroatoms. The number of nitrogens with zero attached hydrogens (tertiary/aromatic N) is 6. The summed E-state index contributed by atoms with van der Waals surface area (Å²) in [5.74, 6) is 0.155. The van der Waals surface area contributed by atoms with E-state index >= 15 is 0 Å². The highest BCUT2D eigenvalue weighted by Gasteiger charge is 2.26. The van der Waals surface area contributed by atoms with Crippen LogP contribution in [0.1, 0.15) is 16.1 Å². The number of urea groups is 1. The lowest BCUT2D eigenvalue weighted by Gasteiger charge is -2.34.